The summed E-state index contributed by atoms with van der Waals surface area (Å²) in [7, 11) is 1.45. The van der Waals surface area contributed by atoms with Crippen LogP contribution in [0.2, 0.25) is 0 Å². The summed E-state index contributed by atoms with van der Waals surface area (Å²) in [6.07, 6.45) is 3.77. The molecular weight excluding hydrogens is 328 g/mol. The third-order valence-corrected chi connectivity index (χ3v) is 6.54. The Balaban J connectivity index is 1.55. The first-order valence-corrected chi connectivity index (χ1v) is 9.44. The Labute approximate surface area is 153 Å². The first-order chi connectivity index (χ1) is 12.7. The van der Waals surface area contributed by atoms with Crippen molar-refractivity contribution in [2.75, 3.05) is 20.2 Å². The highest BCUT2D eigenvalue weighted by atomic mass is 16.5. The van der Waals surface area contributed by atoms with Gasteiger partial charge in [0.15, 0.2) is 0 Å². The number of para-hydroxylation sites is 1. The Bertz CT molecular complexity index is 900. The summed E-state index contributed by atoms with van der Waals surface area (Å²) in [5.74, 6) is 0.258. The van der Waals surface area contributed by atoms with Crippen LogP contribution in [0.25, 0.3) is 10.9 Å². The molecule has 26 heavy (non-hydrogen) atoms. The van der Waals surface area contributed by atoms with Gasteiger partial charge in [-0.25, -0.2) is 4.79 Å². The molecule has 136 valence electrons. The van der Waals surface area contributed by atoms with Crippen LogP contribution in [0.3, 0.4) is 0 Å². The molecule has 1 aromatic carbocycles. The predicted molar refractivity (Wildman–Crippen MR) is 98.6 cm³/mol. The number of carbonyl (C=O) groups excluding carboxylic acids is 1. The summed E-state index contributed by atoms with van der Waals surface area (Å²) >= 11 is 0. The normalized spacial score (nSPS) is 30.6. The van der Waals surface area contributed by atoms with E-state index in [0.29, 0.717) is 17.5 Å². The standard InChI is InChI=1S/C21H24N2O3/c1-12-16-10-23-8-7-14-13-5-3-4-6-18(13)22-20(14)19(23)9-15(16)17(11-26-12)21(24)25-2/h3-6,11-12,15-16,19,22H,7-10H2,1-2H3/t12-,15+,16-,19-/m1/s1. The number of nitrogens with one attached hydrogen (secondary N) is 1. The van der Waals surface area contributed by atoms with Gasteiger partial charge in [0, 0.05) is 41.5 Å². The molecule has 0 radical (unpaired) electrons. The lowest BCUT2D eigenvalue weighted by atomic mass is 9.72. The second-order valence-electron chi connectivity index (χ2n) is 7.74. The van der Waals surface area contributed by atoms with Crippen molar-refractivity contribution in [2.45, 2.75) is 31.9 Å². The topological polar surface area (TPSA) is 54.6 Å². The summed E-state index contributed by atoms with van der Waals surface area (Å²) in [6, 6.07) is 8.88. The molecule has 5 rings (SSSR count). The molecule has 1 fully saturated rings. The minimum Gasteiger partial charge on any atom is -0.497 e. The minimum atomic E-state index is -0.256. The second kappa shape index (κ2) is 5.88. The number of esters is 1. The quantitative estimate of drug-likeness (QED) is 0.801. The maximum absolute atomic E-state index is 12.3. The number of rotatable bonds is 1. The highest BCUT2D eigenvalue weighted by Crippen LogP contribution is 2.47. The number of H-pyrrole nitrogens is 1. The highest BCUT2D eigenvalue weighted by Gasteiger charge is 2.46. The molecular formula is C21H24N2O3. The third kappa shape index (κ3) is 2.23. The van der Waals surface area contributed by atoms with E-state index in [0.717, 1.165) is 25.9 Å². The molecule has 0 saturated carbocycles. The van der Waals surface area contributed by atoms with Crippen LogP contribution in [-0.4, -0.2) is 42.2 Å². The summed E-state index contributed by atoms with van der Waals surface area (Å²) in [5, 5.41) is 1.34. The largest absolute Gasteiger partial charge is 0.497 e. The van der Waals surface area contributed by atoms with Crippen LogP contribution in [0.5, 0.6) is 0 Å². The monoisotopic (exact) mass is 352 g/mol. The number of nitrogens with zero attached hydrogens (tertiary/aromatic N) is 1. The van der Waals surface area contributed by atoms with Crippen LogP contribution in [0.4, 0.5) is 0 Å². The molecule has 4 atom stereocenters. The lowest BCUT2D eigenvalue weighted by Crippen LogP contribution is -2.51. The molecule has 1 saturated heterocycles. The molecule has 0 spiro atoms. The fourth-order valence-corrected chi connectivity index (χ4v) is 5.19. The van der Waals surface area contributed by atoms with Crippen LogP contribution in [0, 0.1) is 11.8 Å². The number of aromatic nitrogens is 1. The van der Waals surface area contributed by atoms with Crippen LogP contribution >= 0.6 is 0 Å². The van der Waals surface area contributed by atoms with E-state index in [4.69, 9.17) is 9.47 Å². The zero-order valence-electron chi connectivity index (χ0n) is 15.2. The van der Waals surface area contributed by atoms with Gasteiger partial charge in [0.05, 0.1) is 31.1 Å². The molecule has 0 aliphatic carbocycles. The van der Waals surface area contributed by atoms with E-state index in [2.05, 4.69) is 41.1 Å². The Hall–Kier alpha value is -2.27. The van der Waals surface area contributed by atoms with Crippen molar-refractivity contribution in [1.29, 1.82) is 0 Å². The van der Waals surface area contributed by atoms with Crippen LogP contribution in [-0.2, 0) is 20.7 Å². The van der Waals surface area contributed by atoms with E-state index in [-0.39, 0.29) is 18.0 Å². The number of benzene rings is 1. The number of carbonyl (C=O) groups is 1. The fourth-order valence-electron chi connectivity index (χ4n) is 5.19. The maximum atomic E-state index is 12.3. The van der Waals surface area contributed by atoms with Crippen molar-refractivity contribution in [3.63, 3.8) is 0 Å². The van der Waals surface area contributed by atoms with Crippen LogP contribution in [0.1, 0.15) is 30.6 Å². The Morgan fingerprint density at radius 3 is 3.04 bits per heavy atom. The number of aromatic amines is 1. The lowest BCUT2D eigenvalue weighted by Gasteiger charge is -2.49. The van der Waals surface area contributed by atoms with Crippen molar-refractivity contribution in [3.05, 3.63) is 47.4 Å². The SMILES string of the molecule is COC(=O)C1=CO[C@H](C)[C@H]2CN3CCc4c([nH]c5ccccc45)[C@H]3C[C@H]12. The van der Waals surface area contributed by atoms with Gasteiger partial charge in [0.2, 0.25) is 0 Å². The molecule has 1 aromatic heterocycles. The lowest BCUT2D eigenvalue weighted by molar-refractivity contribution is -0.139. The summed E-state index contributed by atoms with van der Waals surface area (Å²) in [4.78, 5) is 18.5. The number of fused-ring (bicyclic) bond motifs is 6. The number of hydrogen-bond donors (Lipinski definition) is 1. The van der Waals surface area contributed by atoms with E-state index in [9.17, 15) is 4.79 Å². The van der Waals surface area contributed by atoms with Crippen LogP contribution in [0.15, 0.2) is 36.1 Å². The fraction of sp³-hybridized carbons (Fsp3) is 0.476. The molecule has 0 unspecified atom stereocenters. The third-order valence-electron chi connectivity index (χ3n) is 6.54. The molecule has 5 nitrogen and oxygen atoms in total. The summed E-state index contributed by atoms with van der Waals surface area (Å²) in [5.41, 5.74) is 4.69. The number of ether oxygens (including phenoxy) is 2. The molecule has 3 aliphatic heterocycles. The van der Waals surface area contributed by atoms with Gasteiger partial charge >= 0.3 is 5.97 Å². The maximum Gasteiger partial charge on any atom is 0.337 e. The van der Waals surface area contributed by atoms with E-state index in [1.54, 1.807) is 6.26 Å². The zero-order chi connectivity index (χ0) is 17.8. The molecule has 1 N–H and O–H groups in total. The van der Waals surface area contributed by atoms with Gasteiger partial charge in [-0.15, -0.1) is 0 Å². The highest BCUT2D eigenvalue weighted by molar-refractivity contribution is 5.89. The number of hydrogen-bond acceptors (Lipinski definition) is 4. The minimum absolute atomic E-state index is 0.124. The molecule has 2 aromatic rings. The molecule has 3 aliphatic rings. The second-order valence-corrected chi connectivity index (χ2v) is 7.74. The molecule has 5 heteroatoms. The van der Waals surface area contributed by atoms with Gasteiger partial charge in [-0.3, -0.25) is 4.90 Å². The first-order valence-electron chi connectivity index (χ1n) is 9.44. The first kappa shape index (κ1) is 15.9. The Morgan fingerprint density at radius 1 is 1.35 bits per heavy atom. The smallest absolute Gasteiger partial charge is 0.337 e. The van der Waals surface area contributed by atoms with E-state index in [1.165, 1.54) is 29.3 Å². The van der Waals surface area contributed by atoms with Gasteiger partial charge < -0.3 is 14.5 Å². The van der Waals surface area contributed by atoms with Gasteiger partial charge in [-0.2, -0.15) is 0 Å². The Kier molecular flexibility index (Phi) is 3.60. The van der Waals surface area contributed by atoms with Crippen molar-refractivity contribution in [3.8, 4) is 0 Å². The average Bonchev–Trinajstić information content (AvgIpc) is 3.06. The predicted octanol–water partition coefficient (Wildman–Crippen LogP) is 3.18. The van der Waals surface area contributed by atoms with Crippen molar-refractivity contribution in [1.82, 2.24) is 9.88 Å². The van der Waals surface area contributed by atoms with Gasteiger partial charge in [-0.05, 0) is 31.4 Å². The molecule has 4 heterocycles. The number of piperidine rings is 1. The average molecular weight is 352 g/mol. The van der Waals surface area contributed by atoms with E-state index in [1.807, 2.05) is 0 Å². The molecule has 0 bridgehead atoms. The Morgan fingerprint density at radius 2 is 2.19 bits per heavy atom. The number of methoxy groups -OCH3 is 1. The zero-order valence-corrected chi connectivity index (χ0v) is 15.2. The van der Waals surface area contributed by atoms with Gasteiger partial charge in [0.1, 0.15) is 0 Å². The molecule has 0 amide bonds. The van der Waals surface area contributed by atoms with E-state index >= 15 is 0 Å². The van der Waals surface area contributed by atoms with Crippen molar-refractivity contribution in [2.24, 2.45) is 11.8 Å². The van der Waals surface area contributed by atoms with Gasteiger partial charge in [0.25, 0.3) is 0 Å². The summed E-state index contributed by atoms with van der Waals surface area (Å²) in [6.45, 7) is 4.13. The van der Waals surface area contributed by atoms with Gasteiger partial charge in [-0.1, -0.05) is 18.2 Å². The van der Waals surface area contributed by atoms with Crippen molar-refractivity contribution < 1.29 is 14.3 Å². The van der Waals surface area contributed by atoms with Crippen molar-refractivity contribution >= 4 is 16.9 Å². The van der Waals surface area contributed by atoms with E-state index < -0.39 is 0 Å². The summed E-state index contributed by atoms with van der Waals surface area (Å²) < 4.78 is 10.8. The van der Waals surface area contributed by atoms with Crippen LogP contribution < -0.4 is 0 Å².